The van der Waals surface area contributed by atoms with Crippen molar-refractivity contribution in [3.63, 3.8) is 0 Å². The van der Waals surface area contributed by atoms with Crippen LogP contribution in [0.4, 0.5) is 0 Å². The first-order chi connectivity index (χ1) is 10.7. The Hall–Kier alpha value is -2.14. The van der Waals surface area contributed by atoms with Gasteiger partial charge in [0.1, 0.15) is 5.75 Å². The highest BCUT2D eigenvalue weighted by Gasteiger charge is 2.12. The number of hydrogen-bond donors (Lipinski definition) is 1. The summed E-state index contributed by atoms with van der Waals surface area (Å²) in [5.74, 6) is 0.724. The Morgan fingerprint density at radius 3 is 2.73 bits per heavy atom. The van der Waals surface area contributed by atoms with Gasteiger partial charge in [-0.15, -0.1) is 0 Å². The van der Waals surface area contributed by atoms with E-state index in [-0.39, 0.29) is 12.2 Å². The highest BCUT2D eigenvalue weighted by Crippen LogP contribution is 2.28. The van der Waals surface area contributed by atoms with Gasteiger partial charge in [0.15, 0.2) is 0 Å². The van der Waals surface area contributed by atoms with Crippen LogP contribution in [0.5, 0.6) is 5.75 Å². The van der Waals surface area contributed by atoms with Gasteiger partial charge >= 0.3 is 0 Å². The lowest BCUT2D eigenvalue weighted by molar-refractivity contribution is 0.278. The van der Waals surface area contributed by atoms with Crippen molar-refractivity contribution in [3.8, 4) is 17.0 Å². The molecule has 2 rings (SSSR count). The zero-order valence-electron chi connectivity index (χ0n) is 13.1. The molecule has 118 valence electrons. The number of para-hydroxylation sites is 1. The van der Waals surface area contributed by atoms with Crippen LogP contribution in [-0.4, -0.2) is 21.5 Å². The largest absolute Gasteiger partial charge is 0.493 e. The summed E-state index contributed by atoms with van der Waals surface area (Å²) in [5, 5.41) is 13.9. The summed E-state index contributed by atoms with van der Waals surface area (Å²) in [5.41, 5.74) is 1.59. The third kappa shape index (κ3) is 3.54. The summed E-state index contributed by atoms with van der Waals surface area (Å²) in [4.78, 5) is 12.2. The van der Waals surface area contributed by atoms with E-state index in [4.69, 9.17) is 4.74 Å². The minimum Gasteiger partial charge on any atom is -0.493 e. The van der Waals surface area contributed by atoms with Crippen molar-refractivity contribution in [1.82, 2.24) is 9.78 Å². The predicted molar refractivity (Wildman–Crippen MR) is 85.9 cm³/mol. The van der Waals surface area contributed by atoms with Crippen molar-refractivity contribution in [2.24, 2.45) is 0 Å². The molecule has 0 amide bonds. The minimum atomic E-state index is -0.294. The Morgan fingerprint density at radius 2 is 2.05 bits per heavy atom. The topological polar surface area (TPSA) is 64.3 Å². The van der Waals surface area contributed by atoms with Gasteiger partial charge in [-0.05, 0) is 31.5 Å². The molecule has 0 saturated heterocycles. The van der Waals surface area contributed by atoms with Gasteiger partial charge in [0, 0.05) is 17.7 Å². The molecule has 0 unspecified atom stereocenters. The fourth-order valence-corrected chi connectivity index (χ4v) is 2.26. The first kappa shape index (κ1) is 16.2. The fraction of sp³-hybridized carbons (Fsp3) is 0.412. The van der Waals surface area contributed by atoms with Crippen LogP contribution < -0.4 is 10.3 Å². The Bertz CT molecular complexity index is 680. The molecule has 5 nitrogen and oxygen atoms in total. The summed E-state index contributed by atoms with van der Waals surface area (Å²) in [6, 6.07) is 9.22. The summed E-state index contributed by atoms with van der Waals surface area (Å²) < 4.78 is 7.06. The number of rotatable bonds is 7. The summed E-state index contributed by atoms with van der Waals surface area (Å²) in [6.07, 6.45) is 1.84. The fourth-order valence-electron chi connectivity index (χ4n) is 2.26. The number of nitrogens with zero attached hydrogens (tertiary/aromatic N) is 2. The van der Waals surface area contributed by atoms with Gasteiger partial charge in [-0.25, -0.2) is 4.68 Å². The monoisotopic (exact) mass is 302 g/mol. The molecule has 0 aliphatic carbocycles. The summed E-state index contributed by atoms with van der Waals surface area (Å²) in [6.45, 7) is 4.79. The molecule has 22 heavy (non-hydrogen) atoms. The third-order valence-electron chi connectivity index (χ3n) is 3.41. The van der Waals surface area contributed by atoms with Crippen LogP contribution in [0.1, 0.15) is 32.3 Å². The SMILES string of the molecule is CCCCn1nc(-c2ccccc2OCC)cc(CO)c1=O. The van der Waals surface area contributed by atoms with Gasteiger partial charge in [-0.1, -0.05) is 25.5 Å². The lowest BCUT2D eigenvalue weighted by atomic mass is 10.1. The van der Waals surface area contributed by atoms with Gasteiger partial charge in [-0.3, -0.25) is 4.79 Å². The predicted octanol–water partition coefficient (Wildman–Crippen LogP) is 2.60. The van der Waals surface area contributed by atoms with E-state index in [1.807, 2.05) is 31.2 Å². The normalized spacial score (nSPS) is 10.7. The highest BCUT2D eigenvalue weighted by atomic mass is 16.5. The van der Waals surface area contributed by atoms with Crippen molar-refractivity contribution >= 4 is 0 Å². The maximum absolute atomic E-state index is 12.2. The smallest absolute Gasteiger partial charge is 0.272 e. The number of hydrogen-bond acceptors (Lipinski definition) is 4. The van der Waals surface area contributed by atoms with E-state index in [1.54, 1.807) is 6.07 Å². The first-order valence-electron chi connectivity index (χ1n) is 7.65. The van der Waals surface area contributed by atoms with Gasteiger partial charge in [0.05, 0.1) is 18.9 Å². The van der Waals surface area contributed by atoms with Gasteiger partial charge in [-0.2, -0.15) is 5.10 Å². The number of aryl methyl sites for hydroxylation is 1. The second kappa shape index (κ2) is 7.75. The molecule has 1 aromatic carbocycles. The number of ether oxygens (including phenoxy) is 1. The molecule has 2 aromatic rings. The van der Waals surface area contributed by atoms with E-state index in [9.17, 15) is 9.90 Å². The molecular formula is C17H22N2O3. The molecule has 1 aromatic heterocycles. The first-order valence-corrected chi connectivity index (χ1v) is 7.65. The second-order valence-corrected chi connectivity index (χ2v) is 5.02. The molecule has 1 heterocycles. The number of unbranched alkanes of at least 4 members (excludes halogenated alkanes) is 1. The maximum atomic E-state index is 12.2. The Labute approximate surface area is 130 Å². The van der Waals surface area contributed by atoms with Crippen molar-refractivity contribution in [3.05, 3.63) is 46.2 Å². The van der Waals surface area contributed by atoms with Crippen LogP contribution in [0.2, 0.25) is 0 Å². The van der Waals surface area contributed by atoms with Crippen LogP contribution in [0.25, 0.3) is 11.3 Å². The van der Waals surface area contributed by atoms with Crippen LogP contribution in [0.15, 0.2) is 35.1 Å². The zero-order valence-corrected chi connectivity index (χ0v) is 13.1. The van der Waals surface area contributed by atoms with E-state index in [0.717, 1.165) is 24.2 Å². The number of aliphatic hydroxyl groups excluding tert-OH is 1. The van der Waals surface area contributed by atoms with Crippen LogP contribution >= 0.6 is 0 Å². The van der Waals surface area contributed by atoms with Crippen molar-refractivity contribution < 1.29 is 9.84 Å². The van der Waals surface area contributed by atoms with E-state index < -0.39 is 0 Å². The Kier molecular flexibility index (Phi) is 5.72. The van der Waals surface area contributed by atoms with Crippen molar-refractivity contribution in [2.45, 2.75) is 39.8 Å². The van der Waals surface area contributed by atoms with Crippen molar-refractivity contribution in [1.29, 1.82) is 0 Å². The van der Waals surface area contributed by atoms with Gasteiger partial charge < -0.3 is 9.84 Å². The zero-order chi connectivity index (χ0) is 15.9. The quantitative estimate of drug-likeness (QED) is 0.854. The molecule has 0 saturated carbocycles. The molecule has 0 spiro atoms. The molecular weight excluding hydrogens is 280 g/mol. The van der Waals surface area contributed by atoms with Crippen LogP contribution in [0, 0.1) is 0 Å². The molecule has 0 atom stereocenters. The number of aromatic nitrogens is 2. The molecule has 0 aliphatic rings. The van der Waals surface area contributed by atoms with E-state index in [0.29, 0.717) is 24.4 Å². The lowest BCUT2D eigenvalue weighted by Gasteiger charge is -2.12. The van der Waals surface area contributed by atoms with E-state index in [2.05, 4.69) is 12.0 Å². The van der Waals surface area contributed by atoms with Gasteiger partial charge in [0.2, 0.25) is 0 Å². The molecule has 5 heteroatoms. The Morgan fingerprint density at radius 1 is 1.27 bits per heavy atom. The highest BCUT2D eigenvalue weighted by molar-refractivity contribution is 5.67. The van der Waals surface area contributed by atoms with Crippen molar-refractivity contribution in [2.75, 3.05) is 6.61 Å². The Balaban J connectivity index is 2.53. The van der Waals surface area contributed by atoms with Crippen LogP contribution in [0.3, 0.4) is 0 Å². The second-order valence-electron chi connectivity index (χ2n) is 5.02. The number of aliphatic hydroxyl groups is 1. The van der Waals surface area contributed by atoms with Crippen LogP contribution in [-0.2, 0) is 13.2 Å². The van der Waals surface area contributed by atoms with E-state index in [1.165, 1.54) is 4.68 Å². The standard InChI is InChI=1S/C17H22N2O3/c1-3-5-10-19-17(21)13(12-20)11-15(18-19)14-8-6-7-9-16(14)22-4-2/h6-9,11,20H,3-5,10,12H2,1-2H3. The lowest BCUT2D eigenvalue weighted by Crippen LogP contribution is -2.26. The average Bonchev–Trinajstić information content (AvgIpc) is 2.55. The number of benzene rings is 1. The van der Waals surface area contributed by atoms with Gasteiger partial charge in [0.25, 0.3) is 5.56 Å². The molecule has 0 aliphatic heterocycles. The minimum absolute atomic E-state index is 0.228. The van der Waals surface area contributed by atoms with E-state index >= 15 is 0 Å². The molecule has 1 N–H and O–H groups in total. The molecule has 0 bridgehead atoms. The molecule has 0 fully saturated rings. The molecule has 0 radical (unpaired) electrons. The maximum Gasteiger partial charge on any atom is 0.272 e. The average molecular weight is 302 g/mol. The summed E-state index contributed by atoms with van der Waals surface area (Å²) in [7, 11) is 0. The third-order valence-corrected chi connectivity index (χ3v) is 3.41. The summed E-state index contributed by atoms with van der Waals surface area (Å²) >= 11 is 0.